The average Bonchev–Trinajstić information content (AvgIpc) is 3.06. The van der Waals surface area contributed by atoms with Crippen LogP contribution in [0.5, 0.6) is 0 Å². The molecule has 0 saturated carbocycles. The molecule has 8 nitrogen and oxygen atoms in total. The molecular weight excluding hydrogens is 332 g/mol. The van der Waals surface area contributed by atoms with Gasteiger partial charge in [-0.15, -0.1) is 0 Å². The zero-order valence-corrected chi connectivity index (χ0v) is 14.4. The van der Waals surface area contributed by atoms with E-state index < -0.39 is 0 Å². The van der Waals surface area contributed by atoms with Crippen molar-refractivity contribution in [3.05, 3.63) is 5.82 Å². The molecule has 1 aromatic heterocycles. The quantitative estimate of drug-likeness (QED) is 0.530. The summed E-state index contributed by atoms with van der Waals surface area (Å²) in [4.78, 5) is 51.0. The number of nitrogens with zero attached hydrogens (tertiary/aromatic N) is 3. The van der Waals surface area contributed by atoms with Gasteiger partial charge in [0.05, 0.1) is 6.42 Å². The van der Waals surface area contributed by atoms with E-state index in [0.717, 1.165) is 18.0 Å². The maximum atomic E-state index is 11.8. The highest BCUT2D eigenvalue weighted by Crippen LogP contribution is 2.14. The van der Waals surface area contributed by atoms with Crippen LogP contribution in [0.3, 0.4) is 0 Å². The Hall–Kier alpha value is -2.16. The third kappa shape index (κ3) is 5.48. The molecule has 0 aromatic carbocycles. The molecule has 0 spiro atoms. The number of rotatable bonds is 9. The number of hydrogen-bond donors (Lipinski definition) is 1. The van der Waals surface area contributed by atoms with Crippen LogP contribution in [0.15, 0.2) is 0 Å². The van der Waals surface area contributed by atoms with E-state index in [2.05, 4.69) is 14.7 Å². The van der Waals surface area contributed by atoms with Gasteiger partial charge in [-0.2, -0.15) is 4.37 Å². The first-order chi connectivity index (χ1) is 11.5. The van der Waals surface area contributed by atoms with Crippen LogP contribution in [0, 0.1) is 0 Å². The molecule has 1 aliphatic heterocycles. The highest BCUT2D eigenvalue weighted by atomic mass is 32.1. The summed E-state index contributed by atoms with van der Waals surface area (Å²) < 4.78 is 4.00. The number of hydrogen-bond acceptors (Lipinski definition) is 7. The fourth-order valence-corrected chi connectivity index (χ4v) is 2.99. The van der Waals surface area contributed by atoms with Crippen LogP contribution < -0.4 is 5.32 Å². The van der Waals surface area contributed by atoms with Crippen molar-refractivity contribution in [1.82, 2.24) is 14.3 Å². The summed E-state index contributed by atoms with van der Waals surface area (Å²) >= 11 is 1.05. The van der Waals surface area contributed by atoms with Gasteiger partial charge in [0.1, 0.15) is 5.78 Å². The highest BCUT2D eigenvalue weighted by Gasteiger charge is 2.27. The number of aromatic nitrogens is 2. The first-order valence-electron chi connectivity index (χ1n) is 7.91. The Labute approximate surface area is 143 Å². The van der Waals surface area contributed by atoms with Crippen LogP contribution >= 0.6 is 11.5 Å². The Morgan fingerprint density at radius 2 is 1.88 bits per heavy atom. The van der Waals surface area contributed by atoms with E-state index >= 15 is 0 Å². The zero-order chi connectivity index (χ0) is 17.5. The average molecular weight is 352 g/mol. The maximum Gasteiger partial charge on any atom is 0.229 e. The fraction of sp³-hybridized carbons (Fsp3) is 0.600. The molecule has 1 aliphatic rings. The number of likely N-dealkylation sites (tertiary alicyclic amines) is 1. The standard InChI is InChI=1S/C15H20N4O4S/c1-10(20)9-11-16-15(24-18-11)17-12(21)5-3-2-4-8-19-13(22)6-7-14(19)23/h2-9H2,1H3,(H,16,17,18,21). The third-order valence-electron chi connectivity index (χ3n) is 3.56. The largest absolute Gasteiger partial charge is 0.301 e. The summed E-state index contributed by atoms with van der Waals surface area (Å²) in [6.07, 6.45) is 3.26. The number of nitrogens with one attached hydrogen (secondary N) is 1. The lowest BCUT2D eigenvalue weighted by molar-refractivity contribution is -0.138. The normalized spacial score (nSPS) is 14.3. The maximum absolute atomic E-state index is 11.8. The summed E-state index contributed by atoms with van der Waals surface area (Å²) in [5, 5.41) is 3.05. The van der Waals surface area contributed by atoms with Crippen LogP contribution in [-0.2, 0) is 25.6 Å². The lowest BCUT2D eigenvalue weighted by Gasteiger charge is -2.12. The van der Waals surface area contributed by atoms with E-state index in [4.69, 9.17) is 0 Å². The Kier molecular flexibility index (Phi) is 6.53. The van der Waals surface area contributed by atoms with Crippen LogP contribution in [0.25, 0.3) is 0 Å². The monoisotopic (exact) mass is 352 g/mol. The van der Waals surface area contributed by atoms with E-state index in [0.29, 0.717) is 49.6 Å². The van der Waals surface area contributed by atoms with Gasteiger partial charge >= 0.3 is 0 Å². The van der Waals surface area contributed by atoms with E-state index in [1.165, 1.54) is 11.8 Å². The van der Waals surface area contributed by atoms with Gasteiger partial charge in [-0.25, -0.2) is 4.98 Å². The second kappa shape index (κ2) is 8.62. The molecule has 9 heteroatoms. The number of imide groups is 1. The second-order valence-corrected chi connectivity index (χ2v) is 6.44. The predicted molar refractivity (Wildman–Crippen MR) is 87.3 cm³/mol. The minimum absolute atomic E-state index is 0.0272. The Morgan fingerprint density at radius 1 is 1.17 bits per heavy atom. The smallest absolute Gasteiger partial charge is 0.229 e. The molecule has 24 heavy (non-hydrogen) atoms. The lowest BCUT2D eigenvalue weighted by atomic mass is 10.2. The van der Waals surface area contributed by atoms with E-state index in [1.54, 1.807) is 0 Å². The Bertz CT molecular complexity index is 627. The number of carbonyl (C=O) groups is 4. The Balaban J connectivity index is 1.61. The zero-order valence-electron chi connectivity index (χ0n) is 13.5. The van der Waals surface area contributed by atoms with Crippen LogP contribution in [0.4, 0.5) is 5.13 Å². The first-order valence-corrected chi connectivity index (χ1v) is 8.68. The molecule has 0 aliphatic carbocycles. The van der Waals surface area contributed by atoms with Gasteiger partial charge in [-0.3, -0.25) is 24.1 Å². The predicted octanol–water partition coefficient (Wildman–Crippen LogP) is 1.32. The SMILES string of the molecule is CC(=O)Cc1nsc(NC(=O)CCCCCN2C(=O)CCC2=O)n1. The molecule has 2 heterocycles. The van der Waals surface area contributed by atoms with Gasteiger partial charge in [0.25, 0.3) is 0 Å². The Morgan fingerprint density at radius 3 is 2.54 bits per heavy atom. The van der Waals surface area contributed by atoms with Crippen LogP contribution in [0.1, 0.15) is 51.3 Å². The van der Waals surface area contributed by atoms with Gasteiger partial charge in [-0.1, -0.05) is 6.42 Å². The van der Waals surface area contributed by atoms with E-state index in [1.807, 2.05) is 0 Å². The third-order valence-corrected chi connectivity index (χ3v) is 4.23. The number of anilines is 1. The molecular formula is C15H20N4O4S. The molecule has 0 bridgehead atoms. The summed E-state index contributed by atoms with van der Waals surface area (Å²) in [5.41, 5.74) is 0. The van der Waals surface area contributed by atoms with Gasteiger partial charge in [0.2, 0.25) is 22.9 Å². The minimum Gasteiger partial charge on any atom is -0.301 e. The van der Waals surface area contributed by atoms with Crippen molar-refractivity contribution < 1.29 is 19.2 Å². The molecule has 0 radical (unpaired) electrons. The number of amides is 3. The van der Waals surface area contributed by atoms with E-state index in [-0.39, 0.29) is 29.9 Å². The molecule has 0 atom stereocenters. The van der Waals surface area contributed by atoms with Crippen molar-refractivity contribution in [2.45, 2.75) is 51.9 Å². The summed E-state index contributed by atoms with van der Waals surface area (Å²) in [5.74, 6) is 0.0306. The van der Waals surface area contributed by atoms with Crippen molar-refractivity contribution in [1.29, 1.82) is 0 Å². The van der Waals surface area contributed by atoms with Gasteiger partial charge in [0, 0.05) is 37.3 Å². The summed E-state index contributed by atoms with van der Waals surface area (Å²) in [7, 11) is 0. The van der Waals surface area contributed by atoms with Crippen molar-refractivity contribution >= 4 is 40.2 Å². The molecule has 1 N–H and O–H groups in total. The molecule has 1 aromatic rings. The molecule has 3 amide bonds. The second-order valence-electron chi connectivity index (χ2n) is 5.69. The fourth-order valence-electron chi connectivity index (χ4n) is 2.39. The van der Waals surface area contributed by atoms with Crippen molar-refractivity contribution in [3.8, 4) is 0 Å². The first kappa shape index (κ1) is 18.2. The van der Waals surface area contributed by atoms with Crippen LogP contribution in [-0.4, -0.2) is 44.3 Å². The highest BCUT2D eigenvalue weighted by molar-refractivity contribution is 7.09. The van der Waals surface area contributed by atoms with Crippen molar-refractivity contribution in [2.24, 2.45) is 0 Å². The van der Waals surface area contributed by atoms with Crippen LogP contribution in [0.2, 0.25) is 0 Å². The van der Waals surface area contributed by atoms with Crippen molar-refractivity contribution in [2.75, 3.05) is 11.9 Å². The molecule has 2 rings (SSSR count). The van der Waals surface area contributed by atoms with Gasteiger partial charge in [-0.05, 0) is 19.8 Å². The number of carbonyl (C=O) groups excluding carboxylic acids is 4. The summed E-state index contributed by atoms with van der Waals surface area (Å²) in [6.45, 7) is 1.90. The lowest BCUT2D eigenvalue weighted by Crippen LogP contribution is -2.29. The van der Waals surface area contributed by atoms with Gasteiger partial charge in [0.15, 0.2) is 5.82 Å². The van der Waals surface area contributed by atoms with Gasteiger partial charge < -0.3 is 5.32 Å². The molecule has 1 fully saturated rings. The minimum atomic E-state index is -0.158. The number of unbranched alkanes of at least 4 members (excludes halogenated alkanes) is 2. The number of Topliss-reactive ketones (excluding diaryl/α,β-unsaturated/α-hetero) is 1. The summed E-state index contributed by atoms with van der Waals surface area (Å²) in [6, 6.07) is 0. The topological polar surface area (TPSA) is 109 Å². The molecule has 130 valence electrons. The van der Waals surface area contributed by atoms with E-state index in [9.17, 15) is 19.2 Å². The molecule has 1 saturated heterocycles. The molecule has 0 unspecified atom stereocenters. The van der Waals surface area contributed by atoms with Crippen molar-refractivity contribution in [3.63, 3.8) is 0 Å². The number of ketones is 1.